The maximum Gasteiger partial charge on any atom is 0.100 e. The molecule has 0 amide bonds. The lowest BCUT2D eigenvalue weighted by molar-refractivity contribution is 0.284. The first kappa shape index (κ1) is 18.4. The number of aliphatic hydroxyl groups excluding tert-OH is 1. The molecule has 5 rings (SSSR count). The highest BCUT2D eigenvalue weighted by Crippen LogP contribution is 2.36. The van der Waals surface area contributed by atoms with Gasteiger partial charge in [-0.25, -0.2) is 0 Å². The van der Waals surface area contributed by atoms with E-state index in [9.17, 15) is 10.4 Å². The van der Waals surface area contributed by atoms with Crippen LogP contribution < -0.4 is 0 Å². The van der Waals surface area contributed by atoms with Crippen molar-refractivity contribution in [2.75, 3.05) is 6.61 Å². The van der Waals surface area contributed by atoms with Crippen LogP contribution in [0.5, 0.6) is 0 Å². The summed E-state index contributed by atoms with van der Waals surface area (Å²) in [6, 6.07) is 23.6. The molecule has 0 aliphatic carbocycles. The third kappa shape index (κ3) is 3.10. The Hall–Kier alpha value is -3.68. The Balaban J connectivity index is 1.81. The lowest BCUT2D eigenvalue weighted by Crippen LogP contribution is -1.98. The van der Waals surface area contributed by atoms with Gasteiger partial charge in [0.15, 0.2) is 0 Å². The van der Waals surface area contributed by atoms with Gasteiger partial charge in [0.2, 0.25) is 0 Å². The molecular weight excluding hydrogens is 370 g/mol. The maximum atomic E-state index is 10.1. The number of hydrogen-bond donors (Lipinski definition) is 2. The second kappa shape index (κ2) is 7.62. The Morgan fingerprint density at radius 2 is 1.60 bits per heavy atom. The number of aromatic amines is 1. The Labute approximate surface area is 174 Å². The summed E-state index contributed by atoms with van der Waals surface area (Å²) in [5, 5.41) is 33.2. The van der Waals surface area contributed by atoms with Crippen LogP contribution in [0.2, 0.25) is 0 Å². The van der Waals surface area contributed by atoms with Crippen molar-refractivity contribution in [3.63, 3.8) is 0 Å². The number of aliphatic hydroxyl groups is 1. The summed E-state index contributed by atoms with van der Waals surface area (Å²) < 4.78 is 0. The van der Waals surface area contributed by atoms with Crippen molar-refractivity contribution in [3.05, 3.63) is 78.0 Å². The minimum absolute atomic E-state index is 0.176. The molecule has 0 bridgehead atoms. The average Bonchev–Trinajstić information content (AvgIpc) is 3.30. The van der Waals surface area contributed by atoms with Gasteiger partial charge >= 0.3 is 0 Å². The Morgan fingerprint density at radius 3 is 2.27 bits per heavy atom. The minimum atomic E-state index is 0.176. The summed E-state index contributed by atoms with van der Waals surface area (Å²) in [6.07, 6.45) is 4.12. The third-order valence-corrected chi connectivity index (χ3v) is 5.78. The van der Waals surface area contributed by atoms with Gasteiger partial charge < -0.3 is 5.11 Å². The molecule has 30 heavy (non-hydrogen) atoms. The highest BCUT2D eigenvalue weighted by atomic mass is 16.2. The van der Waals surface area contributed by atoms with Gasteiger partial charge in [0.1, 0.15) is 6.07 Å². The number of unbranched alkanes of at least 4 members (excludes halogenated alkanes) is 1. The zero-order chi connectivity index (χ0) is 20.5. The van der Waals surface area contributed by atoms with E-state index in [0.717, 1.165) is 52.2 Å². The number of nitrogens with one attached hydrogen (secondary N) is 1. The molecule has 2 N–H and O–H groups in total. The van der Waals surface area contributed by atoms with Gasteiger partial charge in [0, 0.05) is 23.8 Å². The van der Waals surface area contributed by atoms with E-state index in [2.05, 4.69) is 64.8 Å². The Bertz CT molecular complexity index is 1410. The van der Waals surface area contributed by atoms with Crippen LogP contribution in [0.4, 0.5) is 0 Å². The smallest absolute Gasteiger partial charge is 0.100 e. The molecule has 1 heterocycles. The number of H-pyrrole nitrogens is 1. The fraction of sp³-hybridized carbons (Fsp3) is 0.154. The first-order valence-electron chi connectivity index (χ1n) is 10.2. The van der Waals surface area contributed by atoms with Gasteiger partial charge in [0.05, 0.1) is 11.3 Å². The molecule has 5 aromatic rings. The topological polar surface area (TPSA) is 72.7 Å². The van der Waals surface area contributed by atoms with E-state index in [1.165, 1.54) is 16.2 Å². The maximum absolute atomic E-state index is 10.1. The van der Waals surface area contributed by atoms with E-state index in [1.54, 1.807) is 6.20 Å². The molecule has 146 valence electrons. The second-order valence-corrected chi connectivity index (χ2v) is 7.67. The van der Waals surface area contributed by atoms with Crippen LogP contribution in [0.15, 0.2) is 66.9 Å². The number of aromatic nitrogens is 2. The van der Waals surface area contributed by atoms with Gasteiger partial charge in [-0.3, -0.25) is 5.10 Å². The van der Waals surface area contributed by atoms with Crippen LogP contribution in [0.25, 0.3) is 43.6 Å². The summed E-state index contributed by atoms with van der Waals surface area (Å²) in [5.74, 6) is 0. The molecule has 0 spiro atoms. The van der Waals surface area contributed by atoms with Gasteiger partial charge in [-0.1, -0.05) is 30.3 Å². The summed E-state index contributed by atoms with van der Waals surface area (Å²) in [6.45, 7) is 0.176. The fourth-order valence-electron chi connectivity index (χ4n) is 4.34. The van der Waals surface area contributed by atoms with Crippen LogP contribution >= 0.6 is 0 Å². The lowest BCUT2D eigenvalue weighted by Gasteiger charge is -2.14. The Kier molecular flexibility index (Phi) is 4.66. The minimum Gasteiger partial charge on any atom is -0.396 e. The molecule has 0 aliphatic rings. The number of benzene rings is 4. The molecule has 1 aromatic heterocycles. The summed E-state index contributed by atoms with van der Waals surface area (Å²) >= 11 is 0. The normalized spacial score (nSPS) is 11.3. The first-order chi connectivity index (χ1) is 14.8. The number of fused-ring (bicyclic) bond motifs is 3. The van der Waals surface area contributed by atoms with Gasteiger partial charge in [-0.15, -0.1) is 0 Å². The molecule has 0 radical (unpaired) electrons. The van der Waals surface area contributed by atoms with Gasteiger partial charge in [-0.2, -0.15) is 10.4 Å². The predicted octanol–water partition coefficient (Wildman–Crippen LogP) is 5.72. The molecule has 4 heteroatoms. The van der Waals surface area contributed by atoms with Crippen LogP contribution in [0, 0.1) is 11.3 Å². The average molecular weight is 391 g/mol. The largest absolute Gasteiger partial charge is 0.396 e. The standard InChI is InChI=1S/C26H21N3O/c27-16-24-23-15-21-12-18-6-2-1-5-17(18)11-20(21)14-22(23)13-19(7-3-4-10-30)26(24)25-8-9-28-29-25/h1-2,5-6,8-9,11-15,30H,3-4,7,10H2,(H,28,29). The van der Waals surface area contributed by atoms with E-state index in [4.69, 9.17) is 0 Å². The molecule has 0 unspecified atom stereocenters. The first-order valence-corrected chi connectivity index (χ1v) is 10.2. The van der Waals surface area contributed by atoms with Gasteiger partial charge in [0.25, 0.3) is 0 Å². The van der Waals surface area contributed by atoms with Crippen molar-refractivity contribution < 1.29 is 5.11 Å². The third-order valence-electron chi connectivity index (χ3n) is 5.78. The highest BCUT2D eigenvalue weighted by Gasteiger charge is 2.17. The van der Waals surface area contributed by atoms with Gasteiger partial charge in [-0.05, 0) is 82.1 Å². The molecule has 0 saturated heterocycles. The van der Waals surface area contributed by atoms with Crippen LogP contribution in [-0.2, 0) is 6.42 Å². The zero-order valence-corrected chi connectivity index (χ0v) is 16.5. The molecular formula is C26H21N3O. The van der Waals surface area contributed by atoms with Crippen molar-refractivity contribution in [2.24, 2.45) is 0 Å². The predicted molar refractivity (Wildman–Crippen MR) is 121 cm³/mol. The number of nitrogens with zero attached hydrogens (tertiary/aromatic N) is 2. The van der Waals surface area contributed by atoms with Crippen LogP contribution in [0.3, 0.4) is 0 Å². The van der Waals surface area contributed by atoms with Crippen molar-refractivity contribution >= 4 is 32.3 Å². The molecule has 0 atom stereocenters. The number of nitriles is 1. The summed E-state index contributed by atoms with van der Waals surface area (Å²) in [5.41, 5.74) is 3.55. The molecule has 0 aliphatic heterocycles. The molecule has 0 fully saturated rings. The number of hydrogen-bond acceptors (Lipinski definition) is 3. The highest BCUT2D eigenvalue weighted by molar-refractivity contribution is 6.07. The zero-order valence-electron chi connectivity index (χ0n) is 16.5. The van der Waals surface area contributed by atoms with Crippen molar-refractivity contribution in [3.8, 4) is 17.3 Å². The number of rotatable bonds is 5. The van der Waals surface area contributed by atoms with E-state index < -0.39 is 0 Å². The van der Waals surface area contributed by atoms with Crippen molar-refractivity contribution in [1.82, 2.24) is 10.2 Å². The Morgan fingerprint density at radius 1 is 0.867 bits per heavy atom. The quantitative estimate of drug-likeness (QED) is 0.297. The number of aryl methyl sites for hydroxylation is 1. The molecule has 4 aromatic carbocycles. The van der Waals surface area contributed by atoms with E-state index >= 15 is 0 Å². The second-order valence-electron chi connectivity index (χ2n) is 7.67. The monoisotopic (exact) mass is 391 g/mol. The van der Waals surface area contributed by atoms with E-state index in [0.29, 0.717) is 5.56 Å². The summed E-state index contributed by atoms with van der Waals surface area (Å²) in [7, 11) is 0. The SMILES string of the molecule is N#Cc1c(-c2ccn[nH]2)c(CCCCO)cc2cc3cc4ccccc4cc3cc12. The van der Waals surface area contributed by atoms with E-state index in [-0.39, 0.29) is 6.61 Å². The summed E-state index contributed by atoms with van der Waals surface area (Å²) in [4.78, 5) is 0. The lowest BCUT2D eigenvalue weighted by atomic mass is 9.89. The van der Waals surface area contributed by atoms with Crippen LogP contribution in [-0.4, -0.2) is 21.9 Å². The van der Waals surface area contributed by atoms with Crippen molar-refractivity contribution in [1.29, 1.82) is 5.26 Å². The van der Waals surface area contributed by atoms with Crippen LogP contribution in [0.1, 0.15) is 24.0 Å². The molecule has 4 nitrogen and oxygen atoms in total. The van der Waals surface area contributed by atoms with Crippen molar-refractivity contribution in [2.45, 2.75) is 19.3 Å². The van der Waals surface area contributed by atoms with E-state index in [1.807, 2.05) is 12.1 Å². The fourth-order valence-corrected chi connectivity index (χ4v) is 4.34. The molecule has 0 saturated carbocycles.